The number of hydrogen-bond acceptors (Lipinski definition) is 6. The summed E-state index contributed by atoms with van der Waals surface area (Å²) in [5.74, 6) is -0.160. The molecule has 0 saturated carbocycles. The van der Waals surface area contributed by atoms with E-state index in [1.54, 1.807) is 18.2 Å². The van der Waals surface area contributed by atoms with Crippen molar-refractivity contribution in [3.8, 4) is 17.6 Å². The second-order valence-electron chi connectivity index (χ2n) is 7.01. The molecule has 0 radical (unpaired) electrons. The third kappa shape index (κ3) is 3.02. The maximum absolute atomic E-state index is 13.4. The highest BCUT2D eigenvalue weighted by Gasteiger charge is 2.52. The average molecular weight is 426 g/mol. The Morgan fingerprint density at radius 1 is 1.23 bits per heavy atom. The van der Waals surface area contributed by atoms with E-state index in [4.69, 9.17) is 9.47 Å². The Kier molecular flexibility index (Phi) is 5.18. The highest BCUT2D eigenvalue weighted by atomic mass is 32.2. The van der Waals surface area contributed by atoms with Gasteiger partial charge in [0.05, 0.1) is 36.6 Å². The van der Waals surface area contributed by atoms with Gasteiger partial charge in [-0.05, 0) is 18.2 Å². The van der Waals surface area contributed by atoms with E-state index in [1.807, 2.05) is 0 Å². The van der Waals surface area contributed by atoms with Gasteiger partial charge in [0.1, 0.15) is 5.82 Å². The van der Waals surface area contributed by atoms with Crippen LogP contribution in [-0.4, -0.2) is 35.9 Å². The third-order valence-corrected chi connectivity index (χ3v) is 6.65. The molecule has 2 aliphatic rings. The van der Waals surface area contributed by atoms with Crippen LogP contribution >= 0.6 is 11.8 Å². The topological polar surface area (TPSA) is 82.8 Å². The van der Waals surface area contributed by atoms with Crippen LogP contribution in [0.25, 0.3) is 0 Å². The molecule has 1 N–H and O–H groups in total. The van der Waals surface area contributed by atoms with Gasteiger partial charge in [0.25, 0.3) is 0 Å². The van der Waals surface area contributed by atoms with Crippen molar-refractivity contribution < 1.29 is 23.8 Å². The summed E-state index contributed by atoms with van der Waals surface area (Å²) in [5.41, 5.74) is -0.193. The second-order valence-corrected chi connectivity index (χ2v) is 7.98. The van der Waals surface area contributed by atoms with E-state index in [1.165, 1.54) is 55.1 Å². The quantitative estimate of drug-likeness (QED) is 0.806. The van der Waals surface area contributed by atoms with E-state index in [2.05, 4.69) is 6.07 Å². The number of thioether (sulfide) groups is 1. The molecule has 4 rings (SSSR count). The van der Waals surface area contributed by atoms with Crippen molar-refractivity contribution in [3.63, 3.8) is 0 Å². The molecular formula is C22H19FN2O4S. The summed E-state index contributed by atoms with van der Waals surface area (Å²) in [4.78, 5) is 14.5. The summed E-state index contributed by atoms with van der Waals surface area (Å²) in [6.45, 7) is 0. The van der Waals surface area contributed by atoms with Crippen LogP contribution in [0, 0.1) is 17.1 Å². The number of halogens is 1. The fourth-order valence-electron chi connectivity index (χ4n) is 4.01. The van der Waals surface area contributed by atoms with Crippen molar-refractivity contribution in [2.45, 2.75) is 18.1 Å². The lowest BCUT2D eigenvalue weighted by Gasteiger charge is -2.38. The van der Waals surface area contributed by atoms with Crippen LogP contribution in [0.4, 0.5) is 4.39 Å². The maximum atomic E-state index is 13.4. The van der Waals surface area contributed by atoms with Crippen LogP contribution in [0.1, 0.15) is 23.5 Å². The van der Waals surface area contributed by atoms with Gasteiger partial charge in [-0.3, -0.25) is 9.69 Å². The molecule has 2 atom stereocenters. The van der Waals surface area contributed by atoms with Gasteiger partial charge in [-0.25, -0.2) is 4.39 Å². The SMILES string of the molecule is COc1cccc([C@@H]2CC(=O)N3C(=C2C#N)SC[C@@]3(O)c2ccc(F)cc2)c1OC. The van der Waals surface area contributed by atoms with Gasteiger partial charge in [0, 0.05) is 23.5 Å². The van der Waals surface area contributed by atoms with Crippen LogP contribution < -0.4 is 9.47 Å². The lowest BCUT2D eigenvalue weighted by atomic mass is 9.84. The van der Waals surface area contributed by atoms with Gasteiger partial charge in [0.15, 0.2) is 17.2 Å². The lowest BCUT2D eigenvalue weighted by Crippen LogP contribution is -2.48. The number of aliphatic hydroxyl groups is 1. The molecule has 0 aliphatic carbocycles. The number of allylic oxidation sites excluding steroid dienone is 1. The van der Waals surface area contributed by atoms with Crippen molar-refractivity contribution in [2.24, 2.45) is 0 Å². The smallest absolute Gasteiger partial charge is 0.231 e. The van der Waals surface area contributed by atoms with E-state index in [0.717, 1.165) is 0 Å². The standard InChI is InChI=1S/C22H19FN2O4S/c1-28-18-5-3-4-15(20(18)29-2)16-10-19(26)25-21(17(16)11-24)30-12-22(25,27)13-6-8-14(23)9-7-13/h3-9,16,27H,10,12H2,1-2H3/t16-,22+/m0/s1. The number of fused-ring (bicyclic) bond motifs is 1. The van der Waals surface area contributed by atoms with E-state index in [0.29, 0.717) is 33.2 Å². The van der Waals surface area contributed by atoms with E-state index in [9.17, 15) is 19.6 Å². The number of rotatable bonds is 4. The molecule has 2 heterocycles. The molecule has 2 aliphatic heterocycles. The molecule has 1 amide bonds. The number of benzene rings is 2. The van der Waals surface area contributed by atoms with Gasteiger partial charge in [-0.15, -0.1) is 11.8 Å². The fourth-order valence-corrected chi connectivity index (χ4v) is 5.37. The second kappa shape index (κ2) is 7.67. The number of methoxy groups -OCH3 is 2. The van der Waals surface area contributed by atoms with Crippen molar-refractivity contribution in [2.75, 3.05) is 20.0 Å². The van der Waals surface area contributed by atoms with Crippen LogP contribution in [0.2, 0.25) is 0 Å². The number of para-hydroxylation sites is 1. The number of nitrogens with zero attached hydrogens (tertiary/aromatic N) is 2. The minimum Gasteiger partial charge on any atom is -0.493 e. The Morgan fingerprint density at radius 3 is 2.60 bits per heavy atom. The number of carbonyl (C=O) groups excluding carboxylic acids is 1. The number of hydrogen-bond donors (Lipinski definition) is 1. The zero-order chi connectivity index (χ0) is 21.5. The molecule has 30 heavy (non-hydrogen) atoms. The average Bonchev–Trinajstić information content (AvgIpc) is 3.12. The summed E-state index contributed by atoms with van der Waals surface area (Å²) < 4.78 is 24.2. The Balaban J connectivity index is 1.83. The Labute approximate surface area is 177 Å². The molecule has 8 heteroatoms. The molecule has 0 bridgehead atoms. The first-order valence-corrected chi connectivity index (χ1v) is 10.2. The largest absolute Gasteiger partial charge is 0.493 e. The molecular weight excluding hydrogens is 407 g/mol. The summed E-state index contributed by atoms with van der Waals surface area (Å²) in [6.07, 6.45) is -0.0139. The number of ether oxygens (including phenoxy) is 2. The molecule has 0 aromatic heterocycles. The Bertz CT molecular complexity index is 1080. The highest BCUT2D eigenvalue weighted by molar-refractivity contribution is 8.03. The minimum absolute atomic E-state index is 0.0139. The van der Waals surface area contributed by atoms with Crippen LogP contribution in [0.5, 0.6) is 11.5 Å². The highest BCUT2D eigenvalue weighted by Crippen LogP contribution is 2.53. The van der Waals surface area contributed by atoms with E-state index in [-0.39, 0.29) is 18.1 Å². The lowest BCUT2D eigenvalue weighted by molar-refractivity contribution is -0.149. The number of amides is 1. The summed E-state index contributed by atoms with van der Waals surface area (Å²) >= 11 is 1.24. The first-order valence-electron chi connectivity index (χ1n) is 9.24. The van der Waals surface area contributed by atoms with Crippen molar-refractivity contribution in [3.05, 3.63) is 70.0 Å². The van der Waals surface area contributed by atoms with Crippen LogP contribution in [-0.2, 0) is 10.5 Å². The molecule has 2 aromatic carbocycles. The fraction of sp³-hybridized carbons (Fsp3) is 0.273. The first kappa shape index (κ1) is 20.3. The van der Waals surface area contributed by atoms with Gasteiger partial charge in [0.2, 0.25) is 5.91 Å². The van der Waals surface area contributed by atoms with Gasteiger partial charge >= 0.3 is 0 Å². The zero-order valence-electron chi connectivity index (χ0n) is 16.4. The van der Waals surface area contributed by atoms with E-state index < -0.39 is 17.5 Å². The Morgan fingerprint density at radius 2 is 1.97 bits per heavy atom. The van der Waals surface area contributed by atoms with Gasteiger partial charge < -0.3 is 14.6 Å². The molecule has 1 fully saturated rings. The van der Waals surface area contributed by atoms with Gasteiger partial charge in [-0.1, -0.05) is 24.3 Å². The molecule has 154 valence electrons. The molecule has 1 saturated heterocycles. The maximum Gasteiger partial charge on any atom is 0.231 e. The summed E-state index contributed by atoms with van der Waals surface area (Å²) in [7, 11) is 3.03. The summed E-state index contributed by atoms with van der Waals surface area (Å²) in [6, 6.07) is 12.9. The van der Waals surface area contributed by atoms with Crippen molar-refractivity contribution in [1.82, 2.24) is 4.90 Å². The minimum atomic E-state index is -1.64. The van der Waals surface area contributed by atoms with Gasteiger partial charge in [-0.2, -0.15) is 5.26 Å². The van der Waals surface area contributed by atoms with Crippen molar-refractivity contribution in [1.29, 1.82) is 5.26 Å². The molecule has 2 aromatic rings. The van der Waals surface area contributed by atoms with Crippen molar-refractivity contribution >= 4 is 17.7 Å². The monoisotopic (exact) mass is 426 g/mol. The van der Waals surface area contributed by atoms with Crippen LogP contribution in [0.15, 0.2) is 53.1 Å². The molecule has 0 unspecified atom stereocenters. The molecule has 0 spiro atoms. The number of nitriles is 1. The number of carbonyl (C=O) groups is 1. The van der Waals surface area contributed by atoms with E-state index >= 15 is 0 Å². The molecule has 6 nitrogen and oxygen atoms in total. The third-order valence-electron chi connectivity index (χ3n) is 5.43. The summed E-state index contributed by atoms with van der Waals surface area (Å²) in [5, 5.41) is 21.7. The Hall–Kier alpha value is -3.02. The zero-order valence-corrected chi connectivity index (χ0v) is 17.2. The van der Waals surface area contributed by atoms with Crippen LogP contribution in [0.3, 0.4) is 0 Å². The first-order chi connectivity index (χ1) is 14.4. The predicted octanol–water partition coefficient (Wildman–Crippen LogP) is 3.49. The predicted molar refractivity (Wildman–Crippen MR) is 109 cm³/mol. The normalized spacial score (nSPS) is 23.2.